The van der Waals surface area contributed by atoms with Gasteiger partial charge in [-0.2, -0.15) is 0 Å². The number of carboxylic acid groups (broad SMARTS) is 1. The fourth-order valence-electron chi connectivity index (χ4n) is 2.46. The van der Waals surface area contributed by atoms with E-state index >= 15 is 0 Å². The van der Waals surface area contributed by atoms with E-state index in [0.717, 1.165) is 44.9 Å². The van der Waals surface area contributed by atoms with E-state index in [2.05, 4.69) is 5.32 Å². The Morgan fingerprint density at radius 3 is 2.42 bits per heavy atom. The molecular weight excluding hydrogens is 246 g/mol. The van der Waals surface area contributed by atoms with Gasteiger partial charge in [-0.05, 0) is 25.7 Å². The summed E-state index contributed by atoms with van der Waals surface area (Å²) in [6, 6.07) is 0. The minimum atomic E-state index is -0.736. The highest BCUT2D eigenvalue weighted by atomic mass is 16.5. The van der Waals surface area contributed by atoms with Crippen molar-refractivity contribution >= 4 is 11.9 Å². The Kier molecular flexibility index (Phi) is 6.84. The number of amides is 1. The standard InChI is InChI=1S/C14H25NO4/c1-19-11-14(8-6-9-14)13(18)15-10-5-3-2-4-7-12(16)17/h2-11H2,1H3,(H,15,18)(H,16,17). The predicted molar refractivity (Wildman–Crippen MR) is 71.9 cm³/mol. The van der Waals surface area contributed by atoms with Crippen molar-refractivity contribution in [2.75, 3.05) is 20.3 Å². The van der Waals surface area contributed by atoms with Crippen molar-refractivity contribution < 1.29 is 19.4 Å². The molecule has 2 N–H and O–H groups in total. The summed E-state index contributed by atoms with van der Waals surface area (Å²) in [5.74, 6) is -0.620. The van der Waals surface area contributed by atoms with Gasteiger partial charge < -0.3 is 15.2 Å². The molecule has 0 saturated heterocycles. The van der Waals surface area contributed by atoms with Gasteiger partial charge in [0.2, 0.25) is 5.91 Å². The molecule has 0 atom stereocenters. The number of ether oxygens (including phenoxy) is 1. The van der Waals surface area contributed by atoms with Crippen LogP contribution in [0.25, 0.3) is 0 Å². The van der Waals surface area contributed by atoms with Crippen LogP contribution in [0.3, 0.4) is 0 Å². The van der Waals surface area contributed by atoms with E-state index < -0.39 is 5.97 Å². The van der Waals surface area contributed by atoms with E-state index in [0.29, 0.717) is 13.2 Å². The van der Waals surface area contributed by atoms with E-state index in [1.807, 2.05) is 0 Å². The number of carboxylic acids is 1. The summed E-state index contributed by atoms with van der Waals surface area (Å²) in [6.45, 7) is 1.19. The lowest BCUT2D eigenvalue weighted by molar-refractivity contribution is -0.140. The second-order valence-electron chi connectivity index (χ2n) is 5.38. The molecule has 5 nitrogen and oxygen atoms in total. The van der Waals surface area contributed by atoms with Gasteiger partial charge >= 0.3 is 5.97 Å². The van der Waals surface area contributed by atoms with Crippen molar-refractivity contribution in [2.24, 2.45) is 5.41 Å². The quantitative estimate of drug-likeness (QED) is 0.595. The zero-order valence-electron chi connectivity index (χ0n) is 11.7. The molecule has 0 radical (unpaired) electrons. The number of hydrogen-bond donors (Lipinski definition) is 2. The number of unbranched alkanes of at least 4 members (excludes halogenated alkanes) is 3. The molecule has 0 unspecified atom stereocenters. The third-order valence-electron chi connectivity index (χ3n) is 3.82. The number of aliphatic carboxylic acids is 1. The minimum absolute atomic E-state index is 0.117. The normalized spacial score (nSPS) is 16.7. The van der Waals surface area contributed by atoms with Crippen LogP contribution >= 0.6 is 0 Å². The molecule has 0 aromatic heterocycles. The first kappa shape index (κ1) is 16.0. The maximum absolute atomic E-state index is 12.0. The van der Waals surface area contributed by atoms with Gasteiger partial charge in [0, 0.05) is 20.1 Å². The van der Waals surface area contributed by atoms with Crippen molar-refractivity contribution in [1.82, 2.24) is 5.32 Å². The van der Waals surface area contributed by atoms with Gasteiger partial charge in [0.15, 0.2) is 0 Å². The van der Waals surface area contributed by atoms with Crippen LogP contribution in [0.2, 0.25) is 0 Å². The van der Waals surface area contributed by atoms with Crippen LogP contribution in [-0.4, -0.2) is 37.2 Å². The Morgan fingerprint density at radius 1 is 1.21 bits per heavy atom. The topological polar surface area (TPSA) is 75.6 Å². The molecule has 1 saturated carbocycles. The molecule has 1 fully saturated rings. The number of rotatable bonds is 10. The molecule has 19 heavy (non-hydrogen) atoms. The molecule has 1 aliphatic carbocycles. The molecule has 1 rings (SSSR count). The Balaban J connectivity index is 2.05. The van der Waals surface area contributed by atoms with Crippen molar-refractivity contribution in [2.45, 2.75) is 51.4 Å². The van der Waals surface area contributed by atoms with E-state index in [1.54, 1.807) is 7.11 Å². The van der Waals surface area contributed by atoms with E-state index in [9.17, 15) is 9.59 Å². The number of carbonyl (C=O) groups is 2. The second kappa shape index (κ2) is 8.15. The summed E-state index contributed by atoms with van der Waals surface area (Å²) in [7, 11) is 1.63. The lowest BCUT2D eigenvalue weighted by Crippen LogP contribution is -2.48. The average molecular weight is 271 g/mol. The van der Waals surface area contributed by atoms with Crippen molar-refractivity contribution in [3.8, 4) is 0 Å². The van der Waals surface area contributed by atoms with Gasteiger partial charge in [-0.3, -0.25) is 9.59 Å². The summed E-state index contributed by atoms with van der Waals surface area (Å²) < 4.78 is 5.14. The first-order chi connectivity index (χ1) is 9.10. The highest BCUT2D eigenvalue weighted by Gasteiger charge is 2.43. The van der Waals surface area contributed by atoms with Gasteiger partial charge in [0.1, 0.15) is 0 Å². The van der Waals surface area contributed by atoms with Crippen LogP contribution in [0.15, 0.2) is 0 Å². The number of nitrogens with one attached hydrogen (secondary N) is 1. The third kappa shape index (κ3) is 5.19. The number of methoxy groups -OCH3 is 1. The summed E-state index contributed by atoms with van der Waals surface area (Å²) >= 11 is 0. The predicted octanol–water partition coefficient (Wildman–Crippen LogP) is 1.95. The molecule has 5 heteroatoms. The molecule has 0 aliphatic heterocycles. The molecule has 0 heterocycles. The van der Waals surface area contributed by atoms with E-state index in [4.69, 9.17) is 9.84 Å². The lowest BCUT2D eigenvalue weighted by Gasteiger charge is -2.39. The number of carbonyl (C=O) groups excluding carboxylic acids is 1. The zero-order valence-corrected chi connectivity index (χ0v) is 11.7. The molecule has 1 amide bonds. The minimum Gasteiger partial charge on any atom is -0.481 e. The van der Waals surface area contributed by atoms with Gasteiger partial charge in [-0.25, -0.2) is 0 Å². The smallest absolute Gasteiger partial charge is 0.303 e. The van der Waals surface area contributed by atoms with E-state index in [-0.39, 0.29) is 17.7 Å². The fraction of sp³-hybridized carbons (Fsp3) is 0.857. The van der Waals surface area contributed by atoms with Crippen LogP contribution in [0, 0.1) is 5.41 Å². The van der Waals surface area contributed by atoms with Crippen molar-refractivity contribution in [3.05, 3.63) is 0 Å². The first-order valence-electron chi connectivity index (χ1n) is 7.10. The van der Waals surface area contributed by atoms with Crippen LogP contribution < -0.4 is 5.32 Å². The van der Waals surface area contributed by atoms with Crippen molar-refractivity contribution in [3.63, 3.8) is 0 Å². The lowest BCUT2D eigenvalue weighted by atomic mass is 9.68. The van der Waals surface area contributed by atoms with Crippen molar-refractivity contribution in [1.29, 1.82) is 0 Å². The highest BCUT2D eigenvalue weighted by Crippen LogP contribution is 2.41. The maximum atomic E-state index is 12.0. The largest absolute Gasteiger partial charge is 0.481 e. The molecule has 0 spiro atoms. The Morgan fingerprint density at radius 2 is 1.89 bits per heavy atom. The van der Waals surface area contributed by atoms with Gasteiger partial charge in [-0.1, -0.05) is 19.3 Å². The van der Waals surface area contributed by atoms with Gasteiger partial charge in [0.05, 0.1) is 12.0 Å². The molecule has 0 bridgehead atoms. The van der Waals surface area contributed by atoms with Gasteiger partial charge in [-0.15, -0.1) is 0 Å². The monoisotopic (exact) mass is 271 g/mol. The average Bonchev–Trinajstić information content (AvgIpc) is 2.31. The number of hydrogen-bond acceptors (Lipinski definition) is 3. The molecular formula is C14H25NO4. The van der Waals surface area contributed by atoms with Crippen LogP contribution in [0.5, 0.6) is 0 Å². The second-order valence-corrected chi connectivity index (χ2v) is 5.38. The SMILES string of the molecule is COCC1(C(=O)NCCCCCCC(=O)O)CCC1. The Labute approximate surface area is 114 Å². The Hall–Kier alpha value is -1.10. The summed E-state index contributed by atoms with van der Waals surface area (Å²) in [5.41, 5.74) is -0.280. The fourth-order valence-corrected chi connectivity index (χ4v) is 2.46. The molecule has 1 aliphatic rings. The summed E-state index contributed by atoms with van der Waals surface area (Å²) in [6.07, 6.45) is 6.69. The third-order valence-corrected chi connectivity index (χ3v) is 3.82. The first-order valence-corrected chi connectivity index (χ1v) is 7.10. The van der Waals surface area contributed by atoms with Crippen LogP contribution in [0.1, 0.15) is 51.4 Å². The Bertz CT molecular complexity index is 300. The van der Waals surface area contributed by atoms with Crippen LogP contribution in [-0.2, 0) is 14.3 Å². The zero-order chi connectivity index (χ0) is 14.1. The van der Waals surface area contributed by atoms with Crippen LogP contribution in [0.4, 0.5) is 0 Å². The molecule has 0 aromatic carbocycles. The summed E-state index contributed by atoms with van der Waals surface area (Å²) in [5, 5.41) is 11.5. The summed E-state index contributed by atoms with van der Waals surface area (Å²) in [4.78, 5) is 22.4. The van der Waals surface area contributed by atoms with Gasteiger partial charge in [0.25, 0.3) is 0 Å². The van der Waals surface area contributed by atoms with E-state index in [1.165, 1.54) is 0 Å². The maximum Gasteiger partial charge on any atom is 0.303 e. The molecule has 110 valence electrons. The highest BCUT2D eigenvalue weighted by molar-refractivity contribution is 5.83. The molecule has 0 aromatic rings.